The fourth-order valence-corrected chi connectivity index (χ4v) is 1.07. The Bertz CT molecular complexity index is 210. The monoisotopic (exact) mass is 156 g/mol. The quantitative estimate of drug-likeness (QED) is 0.703. The normalized spacial score (nSPS) is 10.1. The Balaban J connectivity index is 2.67. The van der Waals surface area contributed by atoms with Crippen LogP contribution in [0.4, 0.5) is 4.39 Å². The summed E-state index contributed by atoms with van der Waals surface area (Å²) in [6.45, 7) is 4.00. The van der Waals surface area contributed by atoms with E-state index in [0.717, 1.165) is 11.4 Å². The summed E-state index contributed by atoms with van der Waals surface area (Å²) in [5, 5.41) is 0. The third-order valence-electron chi connectivity index (χ3n) is 1.64. The lowest BCUT2D eigenvalue weighted by Crippen LogP contribution is -2.19. The van der Waals surface area contributed by atoms with Gasteiger partial charge in [0.15, 0.2) is 0 Å². The first-order valence-corrected chi connectivity index (χ1v) is 3.70. The third kappa shape index (κ3) is 1.73. The molecule has 0 radical (unpaired) electrons. The molecule has 0 aliphatic heterocycles. The average Bonchev–Trinajstić information content (AvgIpc) is 2.29. The summed E-state index contributed by atoms with van der Waals surface area (Å²) in [4.78, 5) is 0. The minimum Gasteiger partial charge on any atom is -0.323 e. The van der Waals surface area contributed by atoms with Crippen molar-refractivity contribution < 1.29 is 4.39 Å². The van der Waals surface area contributed by atoms with Crippen LogP contribution in [0.5, 0.6) is 0 Å². The lowest BCUT2D eigenvalue weighted by atomic mass is 10.5. The van der Waals surface area contributed by atoms with Crippen molar-refractivity contribution >= 4 is 0 Å². The molecule has 0 bridgehead atoms. The van der Waals surface area contributed by atoms with Crippen molar-refractivity contribution in [3.8, 4) is 0 Å². The van der Waals surface area contributed by atoms with E-state index in [4.69, 9.17) is 0 Å². The number of aromatic nitrogens is 1. The summed E-state index contributed by atoms with van der Waals surface area (Å²) in [5.74, 6) is 0. The molecule has 0 aliphatic carbocycles. The SMILES string of the molecule is Cc1ccc(C)n1NCCF. The second-order valence-electron chi connectivity index (χ2n) is 2.55. The van der Waals surface area contributed by atoms with Crippen molar-refractivity contribution in [2.75, 3.05) is 18.6 Å². The minimum absolute atomic E-state index is 0.336. The van der Waals surface area contributed by atoms with Crippen molar-refractivity contribution in [2.45, 2.75) is 13.8 Å². The van der Waals surface area contributed by atoms with Crippen molar-refractivity contribution in [2.24, 2.45) is 0 Å². The Hall–Kier alpha value is -0.990. The number of hydrogen-bond acceptors (Lipinski definition) is 1. The van der Waals surface area contributed by atoms with Crippen LogP contribution in [0.1, 0.15) is 11.4 Å². The maximum Gasteiger partial charge on any atom is 0.108 e. The molecular weight excluding hydrogens is 143 g/mol. The Morgan fingerprint density at radius 3 is 2.36 bits per heavy atom. The van der Waals surface area contributed by atoms with E-state index in [1.807, 2.05) is 30.7 Å². The molecule has 0 aliphatic rings. The van der Waals surface area contributed by atoms with Crippen molar-refractivity contribution in [1.29, 1.82) is 0 Å². The van der Waals surface area contributed by atoms with Crippen LogP contribution in [0.2, 0.25) is 0 Å². The van der Waals surface area contributed by atoms with E-state index in [1.54, 1.807) is 0 Å². The smallest absolute Gasteiger partial charge is 0.108 e. The summed E-state index contributed by atoms with van der Waals surface area (Å²) in [7, 11) is 0. The van der Waals surface area contributed by atoms with E-state index >= 15 is 0 Å². The molecule has 1 N–H and O–H groups in total. The Labute approximate surface area is 66.0 Å². The first-order valence-electron chi connectivity index (χ1n) is 3.70. The van der Waals surface area contributed by atoms with E-state index in [0.29, 0.717) is 6.54 Å². The molecule has 1 rings (SSSR count). The molecule has 0 saturated heterocycles. The van der Waals surface area contributed by atoms with Crippen LogP contribution in [0.15, 0.2) is 12.1 Å². The molecular formula is C8H13FN2. The molecule has 0 saturated carbocycles. The summed E-state index contributed by atoms with van der Waals surface area (Å²) < 4.78 is 13.7. The number of nitrogens with zero attached hydrogens (tertiary/aromatic N) is 1. The second kappa shape index (κ2) is 3.42. The Morgan fingerprint density at radius 1 is 1.36 bits per heavy atom. The number of halogens is 1. The highest BCUT2D eigenvalue weighted by atomic mass is 19.1. The van der Waals surface area contributed by atoms with Gasteiger partial charge in [-0.05, 0) is 26.0 Å². The molecule has 11 heavy (non-hydrogen) atoms. The highest BCUT2D eigenvalue weighted by Crippen LogP contribution is 2.03. The number of aryl methyl sites for hydroxylation is 2. The maximum atomic E-state index is 11.8. The molecule has 0 unspecified atom stereocenters. The number of alkyl halides is 1. The van der Waals surface area contributed by atoms with Crippen LogP contribution >= 0.6 is 0 Å². The first kappa shape index (κ1) is 8.11. The van der Waals surface area contributed by atoms with Gasteiger partial charge in [0.1, 0.15) is 6.67 Å². The van der Waals surface area contributed by atoms with E-state index in [2.05, 4.69) is 5.43 Å². The molecule has 62 valence electrons. The molecule has 1 aromatic heterocycles. The lowest BCUT2D eigenvalue weighted by molar-refractivity contribution is 0.500. The Morgan fingerprint density at radius 2 is 1.91 bits per heavy atom. The maximum absolute atomic E-state index is 11.8. The minimum atomic E-state index is -0.336. The van der Waals surface area contributed by atoms with E-state index in [-0.39, 0.29) is 6.67 Å². The van der Waals surface area contributed by atoms with Gasteiger partial charge < -0.3 is 5.43 Å². The van der Waals surface area contributed by atoms with Crippen molar-refractivity contribution in [3.63, 3.8) is 0 Å². The average molecular weight is 156 g/mol. The summed E-state index contributed by atoms with van der Waals surface area (Å²) in [6.07, 6.45) is 0. The van der Waals surface area contributed by atoms with Gasteiger partial charge in [-0.2, -0.15) is 0 Å². The lowest BCUT2D eigenvalue weighted by Gasteiger charge is -2.09. The molecule has 0 amide bonds. The summed E-state index contributed by atoms with van der Waals surface area (Å²) in [5.41, 5.74) is 5.17. The molecule has 1 aromatic rings. The van der Waals surface area contributed by atoms with Crippen LogP contribution < -0.4 is 5.43 Å². The van der Waals surface area contributed by atoms with Gasteiger partial charge in [-0.3, -0.25) is 4.68 Å². The van der Waals surface area contributed by atoms with Crippen LogP contribution in [0.3, 0.4) is 0 Å². The molecule has 0 fully saturated rings. The largest absolute Gasteiger partial charge is 0.323 e. The number of hydrogen-bond donors (Lipinski definition) is 1. The highest BCUT2D eigenvalue weighted by Gasteiger charge is 1.97. The fraction of sp³-hybridized carbons (Fsp3) is 0.500. The molecule has 0 spiro atoms. The third-order valence-corrected chi connectivity index (χ3v) is 1.64. The van der Waals surface area contributed by atoms with Gasteiger partial charge in [-0.25, -0.2) is 4.39 Å². The van der Waals surface area contributed by atoms with Crippen LogP contribution in [0, 0.1) is 13.8 Å². The summed E-state index contributed by atoms with van der Waals surface area (Å²) >= 11 is 0. The predicted octanol–water partition coefficient (Wildman–Crippen LogP) is 1.62. The van der Waals surface area contributed by atoms with Crippen molar-refractivity contribution in [3.05, 3.63) is 23.5 Å². The Kier molecular flexibility index (Phi) is 2.52. The van der Waals surface area contributed by atoms with Crippen LogP contribution in [-0.2, 0) is 0 Å². The highest BCUT2D eigenvalue weighted by molar-refractivity contribution is 5.15. The summed E-state index contributed by atoms with van der Waals surface area (Å²) in [6, 6.07) is 4.00. The number of nitrogens with one attached hydrogen (secondary N) is 1. The first-order chi connectivity index (χ1) is 5.25. The van der Waals surface area contributed by atoms with E-state index in [1.165, 1.54) is 0 Å². The van der Waals surface area contributed by atoms with Gasteiger partial charge in [0.25, 0.3) is 0 Å². The molecule has 3 heteroatoms. The fourth-order valence-electron chi connectivity index (χ4n) is 1.07. The zero-order valence-corrected chi connectivity index (χ0v) is 6.89. The van der Waals surface area contributed by atoms with Gasteiger partial charge in [0, 0.05) is 11.4 Å². The predicted molar refractivity (Wildman–Crippen MR) is 44.1 cm³/mol. The van der Waals surface area contributed by atoms with Gasteiger partial charge in [0.05, 0.1) is 6.54 Å². The van der Waals surface area contributed by atoms with Gasteiger partial charge >= 0.3 is 0 Å². The molecule has 1 heterocycles. The van der Waals surface area contributed by atoms with Crippen molar-refractivity contribution in [1.82, 2.24) is 4.68 Å². The molecule has 0 atom stereocenters. The topological polar surface area (TPSA) is 17.0 Å². The zero-order chi connectivity index (χ0) is 8.27. The van der Waals surface area contributed by atoms with E-state index < -0.39 is 0 Å². The van der Waals surface area contributed by atoms with Crippen LogP contribution in [-0.4, -0.2) is 17.9 Å². The molecule has 2 nitrogen and oxygen atoms in total. The number of rotatable bonds is 3. The van der Waals surface area contributed by atoms with E-state index in [9.17, 15) is 4.39 Å². The zero-order valence-electron chi connectivity index (χ0n) is 6.89. The molecule has 0 aromatic carbocycles. The van der Waals surface area contributed by atoms with Crippen LogP contribution in [0.25, 0.3) is 0 Å². The van der Waals surface area contributed by atoms with Gasteiger partial charge in [-0.15, -0.1) is 0 Å². The van der Waals surface area contributed by atoms with Gasteiger partial charge in [0.2, 0.25) is 0 Å². The second-order valence-corrected chi connectivity index (χ2v) is 2.55. The standard InChI is InChI=1S/C8H13FN2/c1-7-3-4-8(2)11(7)10-6-5-9/h3-4,10H,5-6H2,1-2H3. The van der Waals surface area contributed by atoms with Gasteiger partial charge in [-0.1, -0.05) is 0 Å².